The molecule has 0 fully saturated rings. The fourth-order valence-corrected chi connectivity index (χ4v) is 2.70. The standard InChI is InChI=1S/C15H10F3N3O2S/c16-15(17,18)23-10-7-5-9(6-8-10)19-14-21-20-13(24-14)11-3-1-2-4-12(11)22/h1-8,22H,(H,19,21). The summed E-state index contributed by atoms with van der Waals surface area (Å²) in [5.74, 6) is -0.214. The van der Waals surface area contributed by atoms with Gasteiger partial charge in [0.15, 0.2) is 5.01 Å². The molecule has 9 heteroatoms. The van der Waals surface area contributed by atoms with Crippen molar-refractivity contribution in [2.75, 3.05) is 5.32 Å². The van der Waals surface area contributed by atoms with Gasteiger partial charge in [-0.3, -0.25) is 0 Å². The number of nitrogens with one attached hydrogen (secondary N) is 1. The van der Waals surface area contributed by atoms with Gasteiger partial charge in [0.1, 0.15) is 11.5 Å². The number of rotatable bonds is 4. The Morgan fingerprint density at radius 3 is 2.38 bits per heavy atom. The number of alkyl halides is 3. The van der Waals surface area contributed by atoms with E-state index in [1.807, 2.05) is 0 Å². The molecule has 0 aliphatic carbocycles. The van der Waals surface area contributed by atoms with Crippen LogP contribution in [0.5, 0.6) is 11.5 Å². The molecule has 0 saturated carbocycles. The number of hydrogen-bond donors (Lipinski definition) is 2. The molecule has 1 aromatic heterocycles. The number of phenolic OH excluding ortho intramolecular Hbond substituents is 1. The summed E-state index contributed by atoms with van der Waals surface area (Å²) in [5, 5.41) is 21.6. The van der Waals surface area contributed by atoms with E-state index in [1.165, 1.54) is 35.6 Å². The third-order valence-corrected chi connectivity index (χ3v) is 3.77. The number of halogens is 3. The highest BCUT2D eigenvalue weighted by Gasteiger charge is 2.30. The molecule has 0 aliphatic heterocycles. The van der Waals surface area contributed by atoms with Gasteiger partial charge in [-0.2, -0.15) is 0 Å². The van der Waals surface area contributed by atoms with Crippen molar-refractivity contribution in [2.24, 2.45) is 0 Å². The smallest absolute Gasteiger partial charge is 0.507 e. The molecule has 0 spiro atoms. The average Bonchev–Trinajstić information content (AvgIpc) is 2.96. The van der Waals surface area contributed by atoms with Crippen LogP contribution in [-0.2, 0) is 0 Å². The summed E-state index contributed by atoms with van der Waals surface area (Å²) in [4.78, 5) is 0. The lowest BCUT2D eigenvalue weighted by atomic mass is 10.2. The fourth-order valence-electron chi connectivity index (χ4n) is 1.90. The number of nitrogens with zero attached hydrogens (tertiary/aromatic N) is 2. The van der Waals surface area contributed by atoms with Crippen LogP contribution in [0.2, 0.25) is 0 Å². The molecule has 1 heterocycles. The zero-order valence-corrected chi connectivity index (χ0v) is 12.7. The first-order valence-electron chi connectivity index (χ1n) is 6.65. The SMILES string of the molecule is Oc1ccccc1-c1nnc(Nc2ccc(OC(F)(F)F)cc2)s1. The second-order valence-electron chi connectivity index (χ2n) is 4.63. The minimum Gasteiger partial charge on any atom is -0.507 e. The predicted molar refractivity (Wildman–Crippen MR) is 83.4 cm³/mol. The topological polar surface area (TPSA) is 67.3 Å². The quantitative estimate of drug-likeness (QED) is 0.720. The van der Waals surface area contributed by atoms with Crippen LogP contribution in [0.1, 0.15) is 0 Å². The zero-order valence-electron chi connectivity index (χ0n) is 11.9. The zero-order chi connectivity index (χ0) is 17.2. The second-order valence-corrected chi connectivity index (χ2v) is 5.60. The summed E-state index contributed by atoms with van der Waals surface area (Å²) in [6, 6.07) is 12.0. The Balaban J connectivity index is 1.72. The van der Waals surface area contributed by atoms with Gasteiger partial charge in [0.05, 0.1) is 5.56 Å². The predicted octanol–water partition coefficient (Wildman–Crippen LogP) is 4.55. The lowest BCUT2D eigenvalue weighted by Crippen LogP contribution is -2.16. The van der Waals surface area contributed by atoms with Gasteiger partial charge in [0, 0.05) is 5.69 Å². The number of anilines is 2. The van der Waals surface area contributed by atoms with Crippen molar-refractivity contribution in [3.05, 3.63) is 48.5 Å². The first-order chi connectivity index (χ1) is 11.4. The van der Waals surface area contributed by atoms with E-state index in [2.05, 4.69) is 20.3 Å². The van der Waals surface area contributed by atoms with Crippen molar-refractivity contribution >= 4 is 22.2 Å². The lowest BCUT2D eigenvalue weighted by Gasteiger charge is -2.09. The normalized spacial score (nSPS) is 11.3. The Morgan fingerprint density at radius 2 is 1.71 bits per heavy atom. The minimum atomic E-state index is -4.72. The van der Waals surface area contributed by atoms with Gasteiger partial charge >= 0.3 is 6.36 Å². The van der Waals surface area contributed by atoms with Gasteiger partial charge in [0.25, 0.3) is 0 Å². The van der Waals surface area contributed by atoms with Gasteiger partial charge in [-0.15, -0.1) is 23.4 Å². The Kier molecular flexibility index (Phi) is 4.26. The molecule has 0 atom stereocenters. The maximum atomic E-state index is 12.1. The molecule has 0 aliphatic rings. The Bertz CT molecular complexity index is 834. The van der Waals surface area contributed by atoms with E-state index in [9.17, 15) is 18.3 Å². The molecule has 3 aromatic rings. The van der Waals surface area contributed by atoms with Gasteiger partial charge < -0.3 is 15.2 Å². The molecule has 24 heavy (non-hydrogen) atoms. The summed E-state index contributed by atoms with van der Waals surface area (Å²) in [5.41, 5.74) is 1.08. The van der Waals surface area contributed by atoms with Crippen molar-refractivity contribution in [3.8, 4) is 22.1 Å². The molecule has 2 aromatic carbocycles. The van der Waals surface area contributed by atoms with Crippen LogP contribution in [0.3, 0.4) is 0 Å². The highest BCUT2D eigenvalue weighted by Crippen LogP contribution is 2.33. The van der Waals surface area contributed by atoms with Crippen LogP contribution >= 0.6 is 11.3 Å². The number of ether oxygens (including phenoxy) is 1. The number of benzene rings is 2. The summed E-state index contributed by atoms with van der Waals surface area (Å²) in [6.07, 6.45) is -4.72. The number of aromatic nitrogens is 2. The summed E-state index contributed by atoms with van der Waals surface area (Å²) >= 11 is 1.20. The summed E-state index contributed by atoms with van der Waals surface area (Å²) < 4.78 is 40.1. The Hall–Kier alpha value is -2.81. The molecular weight excluding hydrogens is 343 g/mol. The van der Waals surface area contributed by atoms with Gasteiger partial charge in [-0.25, -0.2) is 0 Å². The van der Waals surface area contributed by atoms with Crippen molar-refractivity contribution in [3.63, 3.8) is 0 Å². The van der Waals surface area contributed by atoms with E-state index in [0.29, 0.717) is 21.4 Å². The third kappa shape index (κ3) is 3.93. The Labute approximate surface area is 138 Å². The molecule has 0 unspecified atom stereocenters. The van der Waals surface area contributed by atoms with Crippen molar-refractivity contribution in [1.29, 1.82) is 0 Å². The van der Waals surface area contributed by atoms with Crippen LogP contribution in [0.25, 0.3) is 10.6 Å². The number of aromatic hydroxyl groups is 1. The van der Waals surface area contributed by atoms with Crippen molar-refractivity contribution < 1.29 is 23.0 Å². The van der Waals surface area contributed by atoms with Crippen LogP contribution in [0.4, 0.5) is 24.0 Å². The number of phenols is 1. The maximum absolute atomic E-state index is 12.1. The number of hydrogen-bond acceptors (Lipinski definition) is 6. The van der Waals surface area contributed by atoms with E-state index in [4.69, 9.17) is 0 Å². The molecule has 124 valence electrons. The minimum absolute atomic E-state index is 0.0915. The first-order valence-corrected chi connectivity index (χ1v) is 7.47. The second kappa shape index (κ2) is 6.36. The number of para-hydroxylation sites is 1. The van der Waals surface area contributed by atoms with Gasteiger partial charge in [-0.1, -0.05) is 23.5 Å². The summed E-state index contributed by atoms with van der Waals surface area (Å²) in [6.45, 7) is 0. The van der Waals surface area contributed by atoms with E-state index in [0.717, 1.165) is 0 Å². The molecule has 2 N–H and O–H groups in total. The molecule has 0 bridgehead atoms. The highest BCUT2D eigenvalue weighted by molar-refractivity contribution is 7.18. The maximum Gasteiger partial charge on any atom is 0.573 e. The van der Waals surface area contributed by atoms with Crippen LogP contribution in [0.15, 0.2) is 48.5 Å². The van der Waals surface area contributed by atoms with E-state index in [1.54, 1.807) is 24.3 Å². The molecule has 0 saturated heterocycles. The molecule has 0 amide bonds. The van der Waals surface area contributed by atoms with E-state index < -0.39 is 6.36 Å². The Morgan fingerprint density at radius 1 is 1.00 bits per heavy atom. The largest absolute Gasteiger partial charge is 0.573 e. The molecule has 3 rings (SSSR count). The highest BCUT2D eigenvalue weighted by atomic mass is 32.1. The van der Waals surface area contributed by atoms with E-state index in [-0.39, 0.29) is 11.5 Å². The van der Waals surface area contributed by atoms with Gasteiger partial charge in [0.2, 0.25) is 5.13 Å². The first kappa shape index (κ1) is 16.1. The van der Waals surface area contributed by atoms with Gasteiger partial charge in [-0.05, 0) is 36.4 Å². The molecule has 5 nitrogen and oxygen atoms in total. The fraction of sp³-hybridized carbons (Fsp3) is 0.0667. The third-order valence-electron chi connectivity index (χ3n) is 2.90. The molecule has 0 radical (unpaired) electrons. The monoisotopic (exact) mass is 353 g/mol. The van der Waals surface area contributed by atoms with Crippen molar-refractivity contribution in [2.45, 2.75) is 6.36 Å². The summed E-state index contributed by atoms with van der Waals surface area (Å²) in [7, 11) is 0. The lowest BCUT2D eigenvalue weighted by molar-refractivity contribution is -0.274. The molecular formula is C15H10F3N3O2S. The van der Waals surface area contributed by atoms with E-state index >= 15 is 0 Å². The van der Waals surface area contributed by atoms with Crippen molar-refractivity contribution in [1.82, 2.24) is 10.2 Å². The van der Waals surface area contributed by atoms with Crippen LogP contribution < -0.4 is 10.1 Å². The van der Waals surface area contributed by atoms with Crippen LogP contribution in [0, 0.1) is 0 Å². The average molecular weight is 353 g/mol. The van der Waals surface area contributed by atoms with Crippen LogP contribution in [-0.4, -0.2) is 21.7 Å².